The van der Waals surface area contributed by atoms with Gasteiger partial charge in [0, 0.05) is 6.42 Å². The third-order valence-corrected chi connectivity index (χ3v) is 5.47. The first-order valence-corrected chi connectivity index (χ1v) is 10.3. The van der Waals surface area contributed by atoms with E-state index in [9.17, 15) is 34.8 Å². The number of rotatable bonds is 11. The van der Waals surface area contributed by atoms with Crippen LogP contribution < -0.4 is 0 Å². The minimum atomic E-state index is -1.70. The Kier molecular flexibility index (Phi) is 10.0. The molecule has 0 saturated heterocycles. The Labute approximate surface area is 182 Å². The highest BCUT2D eigenvalue weighted by atomic mass is 16.6. The van der Waals surface area contributed by atoms with Crippen LogP contribution in [0.3, 0.4) is 0 Å². The smallest absolute Gasteiger partial charge is 0.307 e. The van der Waals surface area contributed by atoms with E-state index in [1.807, 2.05) is 13.8 Å². The lowest BCUT2D eigenvalue weighted by Crippen LogP contribution is -2.46. The van der Waals surface area contributed by atoms with Crippen LogP contribution in [0, 0.1) is 5.41 Å². The van der Waals surface area contributed by atoms with Crippen molar-refractivity contribution >= 4 is 17.7 Å². The second kappa shape index (κ2) is 11.5. The van der Waals surface area contributed by atoms with Crippen molar-refractivity contribution in [2.24, 2.45) is 5.41 Å². The van der Waals surface area contributed by atoms with E-state index in [0.29, 0.717) is 12.0 Å². The fraction of sp³-hybridized carbons (Fsp3) is 0.682. The van der Waals surface area contributed by atoms with Gasteiger partial charge in [-0.05, 0) is 29.9 Å². The molecule has 0 amide bonds. The molecule has 9 heteroatoms. The van der Waals surface area contributed by atoms with E-state index in [2.05, 4.69) is 6.58 Å². The second-order valence-electron chi connectivity index (χ2n) is 8.38. The fourth-order valence-electron chi connectivity index (χ4n) is 3.54. The van der Waals surface area contributed by atoms with Gasteiger partial charge in [0.1, 0.15) is 24.9 Å². The van der Waals surface area contributed by atoms with Crippen LogP contribution in [0.25, 0.3) is 0 Å². The van der Waals surface area contributed by atoms with E-state index < -0.39 is 54.5 Å². The van der Waals surface area contributed by atoms with Gasteiger partial charge < -0.3 is 29.9 Å². The van der Waals surface area contributed by atoms with Gasteiger partial charge in [0.15, 0.2) is 11.9 Å². The van der Waals surface area contributed by atoms with Crippen LogP contribution in [-0.4, -0.2) is 75.3 Å². The van der Waals surface area contributed by atoms with Crippen LogP contribution in [-0.2, 0) is 23.9 Å². The van der Waals surface area contributed by atoms with Gasteiger partial charge in [-0.1, -0.05) is 33.4 Å². The molecule has 0 aromatic rings. The molecule has 4 N–H and O–H groups in total. The van der Waals surface area contributed by atoms with Gasteiger partial charge in [-0.3, -0.25) is 14.4 Å². The number of Topliss-reactive ketones (excluding diaryl/α,β-unsaturated/α-hetero) is 1. The molecule has 0 heterocycles. The lowest BCUT2D eigenvalue weighted by Gasteiger charge is -2.36. The number of esters is 2. The number of aliphatic hydroxyl groups excluding tert-OH is 4. The largest absolute Gasteiger partial charge is 0.463 e. The summed E-state index contributed by atoms with van der Waals surface area (Å²) >= 11 is 0. The average Bonchev–Trinajstić information content (AvgIpc) is 2.72. The normalized spacial score (nSPS) is 22.3. The maximum absolute atomic E-state index is 12.5. The molecule has 0 radical (unpaired) electrons. The zero-order chi connectivity index (χ0) is 23.9. The summed E-state index contributed by atoms with van der Waals surface area (Å²) in [4.78, 5) is 36.4. The van der Waals surface area contributed by atoms with E-state index in [0.717, 1.165) is 5.57 Å². The number of hydrogen-bond donors (Lipinski definition) is 4. The summed E-state index contributed by atoms with van der Waals surface area (Å²) < 4.78 is 10.1. The van der Waals surface area contributed by atoms with Crippen molar-refractivity contribution in [3.8, 4) is 0 Å². The first kappa shape index (κ1) is 27.0. The Hall–Kier alpha value is -2.07. The summed E-state index contributed by atoms with van der Waals surface area (Å²) in [7, 11) is 0. The van der Waals surface area contributed by atoms with Gasteiger partial charge >= 0.3 is 11.9 Å². The minimum absolute atomic E-state index is 0.164. The van der Waals surface area contributed by atoms with Gasteiger partial charge in [-0.25, -0.2) is 0 Å². The highest BCUT2D eigenvalue weighted by molar-refractivity contribution is 6.01. The summed E-state index contributed by atoms with van der Waals surface area (Å²) in [6.45, 7) is 10.2. The molecule has 0 spiro atoms. The van der Waals surface area contributed by atoms with Crippen molar-refractivity contribution in [3.05, 3.63) is 23.8 Å². The summed E-state index contributed by atoms with van der Waals surface area (Å²) in [5, 5.41) is 38.7. The molecule has 176 valence electrons. The SMILES string of the molecule is C=CC1=C(C)C(=O)C(OC(=O)CCC(=O)OCC(O)C(O)C(O)C(O)CC)CC1(C)C. The summed E-state index contributed by atoms with van der Waals surface area (Å²) in [5.41, 5.74) is 0.911. The van der Waals surface area contributed by atoms with Crippen LogP contribution in [0.5, 0.6) is 0 Å². The first-order chi connectivity index (χ1) is 14.3. The Balaban J connectivity index is 2.49. The number of aliphatic hydroxyl groups is 4. The Morgan fingerprint density at radius 3 is 2.23 bits per heavy atom. The molecule has 0 fully saturated rings. The highest BCUT2D eigenvalue weighted by Gasteiger charge is 2.39. The standard InChI is InChI=1S/C22H34O9/c1-6-13-12(3)19(27)16(10-22(13,4)5)31-18(26)9-8-17(25)30-11-15(24)21(29)20(28)14(23)7-2/h6,14-16,20-21,23-24,28-29H,1,7-11H2,2-5H3. The van der Waals surface area contributed by atoms with E-state index in [-0.39, 0.29) is 25.0 Å². The molecule has 1 rings (SSSR count). The van der Waals surface area contributed by atoms with Crippen LogP contribution in [0.15, 0.2) is 23.8 Å². The lowest BCUT2D eigenvalue weighted by molar-refractivity contribution is -0.161. The molecule has 9 nitrogen and oxygen atoms in total. The highest BCUT2D eigenvalue weighted by Crippen LogP contribution is 2.40. The molecule has 0 saturated carbocycles. The van der Waals surface area contributed by atoms with E-state index in [1.54, 1.807) is 19.9 Å². The third kappa shape index (κ3) is 7.24. The molecular formula is C22H34O9. The topological polar surface area (TPSA) is 151 Å². The van der Waals surface area contributed by atoms with Crippen molar-refractivity contribution in [2.45, 2.75) is 83.9 Å². The van der Waals surface area contributed by atoms with E-state index >= 15 is 0 Å². The number of ketones is 1. The van der Waals surface area contributed by atoms with Crippen LogP contribution >= 0.6 is 0 Å². The monoisotopic (exact) mass is 442 g/mol. The average molecular weight is 443 g/mol. The Bertz CT molecular complexity index is 710. The molecular weight excluding hydrogens is 408 g/mol. The second-order valence-corrected chi connectivity index (χ2v) is 8.38. The Morgan fingerprint density at radius 1 is 1.13 bits per heavy atom. The molecule has 31 heavy (non-hydrogen) atoms. The number of allylic oxidation sites excluding steroid dienone is 2. The minimum Gasteiger partial charge on any atom is -0.463 e. The molecule has 5 atom stereocenters. The summed E-state index contributed by atoms with van der Waals surface area (Å²) in [5.74, 6) is -1.85. The quantitative estimate of drug-likeness (QED) is 0.337. The van der Waals surface area contributed by atoms with Crippen molar-refractivity contribution in [2.75, 3.05) is 6.61 Å². The van der Waals surface area contributed by atoms with Crippen molar-refractivity contribution < 1.29 is 44.3 Å². The van der Waals surface area contributed by atoms with E-state index in [1.165, 1.54) is 0 Å². The van der Waals surface area contributed by atoms with Crippen LogP contribution in [0.1, 0.15) is 53.4 Å². The van der Waals surface area contributed by atoms with Gasteiger partial charge in [0.05, 0.1) is 18.9 Å². The number of hydrogen-bond acceptors (Lipinski definition) is 9. The molecule has 0 aromatic heterocycles. The van der Waals surface area contributed by atoms with Crippen molar-refractivity contribution in [3.63, 3.8) is 0 Å². The Morgan fingerprint density at radius 2 is 1.68 bits per heavy atom. The number of carbonyl (C=O) groups is 3. The number of carbonyl (C=O) groups excluding carboxylic acids is 3. The molecule has 1 aliphatic carbocycles. The zero-order valence-corrected chi connectivity index (χ0v) is 18.5. The van der Waals surface area contributed by atoms with Crippen molar-refractivity contribution in [1.29, 1.82) is 0 Å². The maximum Gasteiger partial charge on any atom is 0.307 e. The number of ether oxygens (including phenoxy) is 2. The van der Waals surface area contributed by atoms with Gasteiger partial charge in [-0.15, -0.1) is 0 Å². The van der Waals surface area contributed by atoms with Crippen LogP contribution in [0.2, 0.25) is 0 Å². The fourth-order valence-corrected chi connectivity index (χ4v) is 3.54. The molecule has 0 aromatic carbocycles. The lowest BCUT2D eigenvalue weighted by atomic mass is 9.71. The first-order valence-electron chi connectivity index (χ1n) is 10.3. The third-order valence-electron chi connectivity index (χ3n) is 5.47. The molecule has 1 aliphatic rings. The summed E-state index contributed by atoms with van der Waals surface area (Å²) in [6.07, 6.45) is -5.65. The molecule has 5 unspecified atom stereocenters. The van der Waals surface area contributed by atoms with Crippen LogP contribution in [0.4, 0.5) is 0 Å². The predicted molar refractivity (Wildman–Crippen MR) is 111 cm³/mol. The van der Waals surface area contributed by atoms with E-state index in [4.69, 9.17) is 9.47 Å². The van der Waals surface area contributed by atoms with Gasteiger partial charge in [0.2, 0.25) is 0 Å². The van der Waals surface area contributed by atoms with Gasteiger partial charge in [-0.2, -0.15) is 0 Å². The molecule has 0 bridgehead atoms. The van der Waals surface area contributed by atoms with Gasteiger partial charge in [0.25, 0.3) is 0 Å². The maximum atomic E-state index is 12.5. The van der Waals surface area contributed by atoms with Crippen molar-refractivity contribution in [1.82, 2.24) is 0 Å². The zero-order valence-electron chi connectivity index (χ0n) is 18.5. The molecule has 0 aliphatic heterocycles. The summed E-state index contributed by atoms with van der Waals surface area (Å²) in [6, 6.07) is 0. The predicted octanol–water partition coefficient (Wildman–Crippen LogP) is 0.577.